The van der Waals surface area contributed by atoms with Gasteiger partial charge in [0, 0.05) is 26.1 Å². The highest BCUT2D eigenvalue weighted by Crippen LogP contribution is 2.34. The largest absolute Gasteiger partial charge is 0.356 e. The third kappa shape index (κ3) is 4.82. The molecule has 0 aliphatic heterocycles. The van der Waals surface area contributed by atoms with E-state index in [-0.39, 0.29) is 11.8 Å². The smallest absolute Gasteiger partial charge is 0.227 e. The second kappa shape index (κ2) is 8.15. The van der Waals surface area contributed by atoms with Gasteiger partial charge in [0.1, 0.15) is 0 Å². The molecule has 4 N–H and O–H groups in total. The molecule has 0 aromatic carbocycles. The minimum absolute atomic E-state index is 0.0227. The molecule has 1 saturated carbocycles. The molecule has 5 nitrogen and oxygen atoms in total. The van der Waals surface area contributed by atoms with Gasteiger partial charge in [0.05, 0.1) is 5.41 Å². The third-order valence-electron chi connectivity index (χ3n) is 3.94. The minimum Gasteiger partial charge on any atom is -0.356 e. The van der Waals surface area contributed by atoms with Crippen LogP contribution >= 0.6 is 0 Å². The van der Waals surface area contributed by atoms with Crippen LogP contribution in [-0.2, 0) is 9.59 Å². The molecule has 1 fully saturated rings. The van der Waals surface area contributed by atoms with Gasteiger partial charge in [-0.3, -0.25) is 9.59 Å². The zero-order valence-corrected chi connectivity index (χ0v) is 12.0. The number of amides is 2. The molecule has 0 unspecified atom stereocenters. The van der Waals surface area contributed by atoms with E-state index in [1.165, 1.54) is 12.8 Å². The van der Waals surface area contributed by atoms with Crippen LogP contribution in [0, 0.1) is 5.41 Å². The first-order valence-corrected chi connectivity index (χ1v) is 7.39. The Bertz CT molecular complexity index is 297. The quantitative estimate of drug-likeness (QED) is 0.627. The fourth-order valence-electron chi connectivity index (χ4n) is 2.69. The van der Waals surface area contributed by atoms with Crippen molar-refractivity contribution in [3.05, 3.63) is 0 Å². The van der Waals surface area contributed by atoms with Crippen molar-refractivity contribution in [2.75, 3.05) is 19.6 Å². The normalized spacial score (nSPS) is 18.4. The second-order valence-electron chi connectivity index (χ2n) is 5.36. The number of rotatable bonds is 6. The Hall–Kier alpha value is -1.10. The van der Waals surface area contributed by atoms with Crippen LogP contribution in [0.3, 0.4) is 0 Å². The lowest BCUT2D eigenvalue weighted by atomic mass is 9.79. The maximum Gasteiger partial charge on any atom is 0.227 e. The van der Waals surface area contributed by atoms with Crippen LogP contribution in [0.4, 0.5) is 0 Å². The summed E-state index contributed by atoms with van der Waals surface area (Å²) in [4.78, 5) is 23.6. The standard InChI is InChI=1S/C14H27N3O2/c1-2-16-12(18)7-10-17-13(19)14(11-15)8-5-3-4-6-9-14/h2-11,15H2,1H3,(H,16,18)(H,17,19). The Kier molecular flexibility index (Phi) is 6.84. The lowest BCUT2D eigenvalue weighted by Crippen LogP contribution is -2.46. The van der Waals surface area contributed by atoms with Gasteiger partial charge in [-0.2, -0.15) is 0 Å². The molecule has 5 heteroatoms. The summed E-state index contributed by atoms with van der Waals surface area (Å²) < 4.78 is 0. The van der Waals surface area contributed by atoms with Gasteiger partial charge in [-0.1, -0.05) is 25.7 Å². The van der Waals surface area contributed by atoms with E-state index in [1.807, 2.05) is 6.92 Å². The second-order valence-corrected chi connectivity index (χ2v) is 5.36. The van der Waals surface area contributed by atoms with E-state index in [2.05, 4.69) is 10.6 Å². The van der Waals surface area contributed by atoms with Crippen LogP contribution in [-0.4, -0.2) is 31.4 Å². The zero-order chi connectivity index (χ0) is 14.1. The average molecular weight is 269 g/mol. The fourth-order valence-corrected chi connectivity index (χ4v) is 2.69. The summed E-state index contributed by atoms with van der Waals surface area (Å²) in [6.45, 7) is 3.30. The first kappa shape index (κ1) is 16.0. The van der Waals surface area contributed by atoms with Gasteiger partial charge in [-0.05, 0) is 19.8 Å². The molecule has 0 aromatic rings. The number of carbonyl (C=O) groups is 2. The first-order chi connectivity index (χ1) is 9.14. The predicted octanol–water partition coefficient (Wildman–Crippen LogP) is 0.928. The lowest BCUT2D eigenvalue weighted by Gasteiger charge is -2.29. The monoisotopic (exact) mass is 269 g/mol. The van der Waals surface area contributed by atoms with Crippen molar-refractivity contribution in [3.8, 4) is 0 Å². The number of nitrogens with one attached hydrogen (secondary N) is 2. The Morgan fingerprint density at radius 3 is 2.26 bits per heavy atom. The molecule has 0 aromatic heterocycles. The Morgan fingerprint density at radius 2 is 1.74 bits per heavy atom. The summed E-state index contributed by atoms with van der Waals surface area (Å²) in [6, 6.07) is 0. The van der Waals surface area contributed by atoms with Gasteiger partial charge in [0.2, 0.25) is 11.8 Å². The summed E-state index contributed by atoms with van der Waals surface area (Å²) in [7, 11) is 0. The lowest BCUT2D eigenvalue weighted by molar-refractivity contribution is -0.131. The predicted molar refractivity (Wildman–Crippen MR) is 75.5 cm³/mol. The SMILES string of the molecule is CCNC(=O)CCNC(=O)C1(CN)CCCCCC1. The molecule has 0 bridgehead atoms. The van der Waals surface area contributed by atoms with Gasteiger partial charge >= 0.3 is 0 Å². The number of hydrogen-bond acceptors (Lipinski definition) is 3. The summed E-state index contributed by atoms with van der Waals surface area (Å²) in [5.74, 6) is 0.00617. The summed E-state index contributed by atoms with van der Waals surface area (Å²) >= 11 is 0. The molecular weight excluding hydrogens is 242 g/mol. The summed E-state index contributed by atoms with van der Waals surface area (Å²) in [6.07, 6.45) is 6.59. The molecule has 0 radical (unpaired) electrons. The zero-order valence-electron chi connectivity index (χ0n) is 12.0. The van der Waals surface area contributed by atoms with Crippen LogP contribution in [0.1, 0.15) is 51.9 Å². The van der Waals surface area contributed by atoms with Crippen molar-refractivity contribution in [2.45, 2.75) is 51.9 Å². The highest BCUT2D eigenvalue weighted by molar-refractivity contribution is 5.83. The van der Waals surface area contributed by atoms with Crippen molar-refractivity contribution >= 4 is 11.8 Å². The molecule has 0 atom stereocenters. The van der Waals surface area contributed by atoms with Crippen molar-refractivity contribution in [3.63, 3.8) is 0 Å². The molecule has 19 heavy (non-hydrogen) atoms. The van der Waals surface area contributed by atoms with Crippen molar-refractivity contribution in [1.82, 2.24) is 10.6 Å². The molecule has 0 saturated heterocycles. The molecular formula is C14H27N3O2. The van der Waals surface area contributed by atoms with Crippen LogP contribution in [0.15, 0.2) is 0 Å². The van der Waals surface area contributed by atoms with Crippen LogP contribution in [0.25, 0.3) is 0 Å². The molecule has 1 rings (SSSR count). The Balaban J connectivity index is 2.42. The average Bonchev–Trinajstić information content (AvgIpc) is 2.65. The van der Waals surface area contributed by atoms with Crippen molar-refractivity contribution < 1.29 is 9.59 Å². The van der Waals surface area contributed by atoms with E-state index in [1.54, 1.807) is 0 Å². The molecule has 1 aliphatic rings. The van der Waals surface area contributed by atoms with E-state index in [0.717, 1.165) is 25.7 Å². The fraction of sp³-hybridized carbons (Fsp3) is 0.857. The molecule has 0 spiro atoms. The van der Waals surface area contributed by atoms with E-state index in [0.29, 0.717) is 26.1 Å². The maximum atomic E-state index is 12.3. The maximum absolute atomic E-state index is 12.3. The van der Waals surface area contributed by atoms with Gasteiger partial charge in [0.25, 0.3) is 0 Å². The van der Waals surface area contributed by atoms with Crippen molar-refractivity contribution in [2.24, 2.45) is 11.1 Å². The van der Waals surface area contributed by atoms with Gasteiger partial charge in [-0.25, -0.2) is 0 Å². The molecule has 0 heterocycles. The van der Waals surface area contributed by atoms with Crippen LogP contribution < -0.4 is 16.4 Å². The molecule has 110 valence electrons. The van der Waals surface area contributed by atoms with E-state index in [9.17, 15) is 9.59 Å². The highest BCUT2D eigenvalue weighted by atomic mass is 16.2. The molecule has 2 amide bonds. The third-order valence-corrected chi connectivity index (χ3v) is 3.94. The van der Waals surface area contributed by atoms with Gasteiger partial charge in [0.15, 0.2) is 0 Å². The number of carbonyl (C=O) groups excluding carboxylic acids is 2. The summed E-state index contributed by atoms with van der Waals surface area (Å²) in [5, 5.41) is 5.60. The van der Waals surface area contributed by atoms with E-state index in [4.69, 9.17) is 5.73 Å². The Morgan fingerprint density at radius 1 is 1.11 bits per heavy atom. The topological polar surface area (TPSA) is 84.2 Å². The minimum atomic E-state index is -0.405. The van der Waals surface area contributed by atoms with Gasteiger partial charge in [-0.15, -0.1) is 0 Å². The van der Waals surface area contributed by atoms with Crippen molar-refractivity contribution in [1.29, 1.82) is 0 Å². The molecule has 1 aliphatic carbocycles. The number of nitrogens with two attached hydrogens (primary N) is 1. The van der Waals surface area contributed by atoms with Gasteiger partial charge < -0.3 is 16.4 Å². The van der Waals surface area contributed by atoms with E-state index < -0.39 is 5.41 Å². The summed E-state index contributed by atoms with van der Waals surface area (Å²) in [5.41, 5.74) is 5.44. The van der Waals surface area contributed by atoms with Crippen LogP contribution in [0.2, 0.25) is 0 Å². The van der Waals surface area contributed by atoms with E-state index >= 15 is 0 Å². The highest BCUT2D eigenvalue weighted by Gasteiger charge is 2.36. The number of hydrogen-bond donors (Lipinski definition) is 3. The first-order valence-electron chi connectivity index (χ1n) is 7.39. The Labute approximate surface area is 115 Å². The van der Waals surface area contributed by atoms with Crippen LogP contribution in [0.5, 0.6) is 0 Å².